The SMILES string of the molecule is O=P(O)(Oc1cccc2ccccc12)Oc1cccc2ccccc12.c1ccc2ncccc2c1. The molecule has 1 heterocycles. The molecule has 0 saturated heterocycles. The van der Waals surface area contributed by atoms with Crippen LogP contribution in [0, 0.1) is 0 Å². The Kier molecular flexibility index (Phi) is 6.44. The van der Waals surface area contributed by atoms with Crippen molar-refractivity contribution in [3.63, 3.8) is 0 Å². The molecule has 0 bridgehead atoms. The number of hydrogen-bond acceptors (Lipinski definition) is 4. The van der Waals surface area contributed by atoms with Crippen molar-refractivity contribution in [2.75, 3.05) is 0 Å². The van der Waals surface area contributed by atoms with Gasteiger partial charge in [0.2, 0.25) is 0 Å². The second-order valence-corrected chi connectivity index (χ2v) is 9.10. The number of hydrogen-bond donors (Lipinski definition) is 1. The Labute approximate surface area is 202 Å². The maximum Gasteiger partial charge on any atom is 0.584 e. The van der Waals surface area contributed by atoms with E-state index in [1.165, 1.54) is 5.39 Å². The molecule has 1 aromatic heterocycles. The average molecular weight is 479 g/mol. The summed E-state index contributed by atoms with van der Waals surface area (Å²) in [7, 11) is -4.35. The van der Waals surface area contributed by atoms with Gasteiger partial charge < -0.3 is 9.05 Å². The van der Waals surface area contributed by atoms with Gasteiger partial charge in [-0.25, -0.2) is 4.57 Å². The lowest BCUT2D eigenvalue weighted by atomic mass is 10.1. The zero-order chi connectivity index (χ0) is 24.1. The Balaban J connectivity index is 0.000000211. The van der Waals surface area contributed by atoms with E-state index in [4.69, 9.17) is 9.05 Å². The van der Waals surface area contributed by atoms with Crippen LogP contribution in [0.15, 0.2) is 128 Å². The molecule has 0 aliphatic heterocycles. The maximum absolute atomic E-state index is 12.6. The fraction of sp³-hybridized carbons (Fsp3) is 0. The summed E-state index contributed by atoms with van der Waals surface area (Å²) in [5.41, 5.74) is 1.06. The van der Waals surface area contributed by atoms with Gasteiger partial charge in [-0.2, -0.15) is 0 Å². The van der Waals surface area contributed by atoms with E-state index in [-0.39, 0.29) is 0 Å². The quantitative estimate of drug-likeness (QED) is 0.261. The first kappa shape index (κ1) is 22.6. The third-order valence-electron chi connectivity index (χ3n) is 5.44. The number of phosphoric acid groups is 1. The molecule has 6 heteroatoms. The van der Waals surface area contributed by atoms with Crippen molar-refractivity contribution in [3.05, 3.63) is 128 Å². The highest BCUT2D eigenvalue weighted by Gasteiger charge is 2.26. The largest absolute Gasteiger partial charge is 0.584 e. The molecular weight excluding hydrogens is 457 g/mol. The van der Waals surface area contributed by atoms with E-state index in [1.54, 1.807) is 24.3 Å². The van der Waals surface area contributed by atoms with Crippen LogP contribution in [-0.2, 0) is 4.57 Å². The summed E-state index contributed by atoms with van der Waals surface area (Å²) in [5.74, 6) is 0.619. The summed E-state index contributed by atoms with van der Waals surface area (Å²) < 4.78 is 23.3. The van der Waals surface area contributed by atoms with E-state index in [2.05, 4.69) is 17.1 Å². The molecule has 0 aliphatic rings. The van der Waals surface area contributed by atoms with Crippen LogP contribution in [0.3, 0.4) is 0 Å². The van der Waals surface area contributed by atoms with Crippen LogP contribution in [-0.4, -0.2) is 9.88 Å². The van der Waals surface area contributed by atoms with Gasteiger partial charge in [0.15, 0.2) is 0 Å². The monoisotopic (exact) mass is 479 g/mol. The first-order chi connectivity index (χ1) is 17.1. The molecule has 5 aromatic carbocycles. The van der Waals surface area contributed by atoms with Gasteiger partial charge in [-0.15, -0.1) is 0 Å². The van der Waals surface area contributed by atoms with Crippen molar-refractivity contribution >= 4 is 40.3 Å². The third kappa shape index (κ3) is 5.33. The molecule has 6 aromatic rings. The molecule has 172 valence electrons. The molecule has 0 aliphatic carbocycles. The fourth-order valence-corrected chi connectivity index (χ4v) is 4.69. The van der Waals surface area contributed by atoms with E-state index < -0.39 is 7.82 Å². The minimum Gasteiger partial charge on any atom is -0.395 e. The Morgan fingerprint density at radius 3 is 1.57 bits per heavy atom. The highest BCUT2D eigenvalue weighted by molar-refractivity contribution is 7.48. The minimum absolute atomic E-state index is 0.309. The molecule has 0 spiro atoms. The minimum atomic E-state index is -4.35. The summed E-state index contributed by atoms with van der Waals surface area (Å²) in [4.78, 5) is 14.4. The number of rotatable bonds is 4. The van der Waals surface area contributed by atoms with Crippen molar-refractivity contribution in [2.24, 2.45) is 0 Å². The van der Waals surface area contributed by atoms with Crippen molar-refractivity contribution < 1.29 is 18.5 Å². The highest BCUT2D eigenvalue weighted by Crippen LogP contribution is 2.47. The number of nitrogens with zero attached hydrogens (tertiary/aromatic N) is 1. The first-order valence-electron chi connectivity index (χ1n) is 11.1. The summed E-state index contributed by atoms with van der Waals surface area (Å²) in [5, 5.41) is 4.54. The zero-order valence-corrected chi connectivity index (χ0v) is 19.6. The van der Waals surface area contributed by atoms with Crippen LogP contribution in [0.5, 0.6) is 11.5 Å². The summed E-state index contributed by atoms with van der Waals surface area (Å²) in [6.45, 7) is 0. The molecule has 0 radical (unpaired) electrons. The Morgan fingerprint density at radius 1 is 0.543 bits per heavy atom. The van der Waals surface area contributed by atoms with Crippen LogP contribution >= 0.6 is 7.82 Å². The van der Waals surface area contributed by atoms with E-state index in [0.717, 1.165) is 27.1 Å². The summed E-state index contributed by atoms with van der Waals surface area (Å²) in [6.07, 6.45) is 1.81. The van der Waals surface area contributed by atoms with E-state index in [9.17, 15) is 9.46 Å². The fourth-order valence-electron chi connectivity index (χ4n) is 3.83. The van der Waals surface area contributed by atoms with Crippen LogP contribution in [0.25, 0.3) is 32.4 Å². The second-order valence-electron chi connectivity index (χ2n) is 7.80. The number of aromatic nitrogens is 1. The number of fused-ring (bicyclic) bond motifs is 3. The molecule has 0 saturated carbocycles. The van der Waals surface area contributed by atoms with Crippen LogP contribution in [0.2, 0.25) is 0 Å². The second kappa shape index (κ2) is 9.98. The lowest BCUT2D eigenvalue weighted by Crippen LogP contribution is -2.00. The standard InChI is InChI=1S/C20H15O4P.C9H7N/c21-25(22,23-19-13-5-9-15-7-1-3-11-17(15)19)24-20-14-6-10-16-8-2-4-12-18(16)20;1-2-6-9-8(4-1)5-3-7-10-9/h1-14H,(H,21,22);1-7H. The predicted molar refractivity (Wildman–Crippen MR) is 141 cm³/mol. The van der Waals surface area contributed by atoms with Crippen molar-refractivity contribution in [2.45, 2.75) is 0 Å². The van der Waals surface area contributed by atoms with E-state index in [0.29, 0.717) is 11.5 Å². The lowest BCUT2D eigenvalue weighted by Gasteiger charge is -2.16. The third-order valence-corrected chi connectivity index (χ3v) is 6.29. The average Bonchev–Trinajstić information content (AvgIpc) is 2.89. The molecule has 35 heavy (non-hydrogen) atoms. The molecule has 5 nitrogen and oxygen atoms in total. The first-order valence-corrected chi connectivity index (χ1v) is 12.6. The van der Waals surface area contributed by atoms with Gasteiger partial charge >= 0.3 is 7.82 Å². The molecule has 0 unspecified atom stereocenters. The molecule has 6 rings (SSSR count). The van der Waals surface area contributed by atoms with Crippen LogP contribution in [0.1, 0.15) is 0 Å². The van der Waals surface area contributed by atoms with Gasteiger partial charge in [-0.1, -0.05) is 97.1 Å². The molecule has 1 N–H and O–H groups in total. The smallest absolute Gasteiger partial charge is 0.395 e. The normalized spacial score (nSPS) is 11.1. The zero-order valence-electron chi connectivity index (χ0n) is 18.7. The van der Waals surface area contributed by atoms with Crippen molar-refractivity contribution in [3.8, 4) is 11.5 Å². The topological polar surface area (TPSA) is 68.7 Å². The number of pyridine rings is 1. The Morgan fingerprint density at radius 2 is 1.00 bits per heavy atom. The van der Waals surface area contributed by atoms with Crippen LogP contribution in [0.4, 0.5) is 0 Å². The molecule has 0 fully saturated rings. The molecular formula is C29H22NO4P. The van der Waals surface area contributed by atoms with Gasteiger partial charge in [-0.05, 0) is 35.0 Å². The Bertz CT molecular complexity index is 1510. The Hall–Kier alpha value is -4.18. The van der Waals surface area contributed by atoms with Crippen molar-refractivity contribution in [1.29, 1.82) is 0 Å². The van der Waals surface area contributed by atoms with Gasteiger partial charge in [0.1, 0.15) is 11.5 Å². The van der Waals surface area contributed by atoms with E-state index in [1.807, 2.05) is 91.1 Å². The predicted octanol–water partition coefficient (Wildman–Crippen LogP) is 7.79. The van der Waals surface area contributed by atoms with Gasteiger partial charge in [0, 0.05) is 22.4 Å². The lowest BCUT2D eigenvalue weighted by molar-refractivity contribution is 0.293. The van der Waals surface area contributed by atoms with Gasteiger partial charge in [0.25, 0.3) is 0 Å². The molecule has 0 amide bonds. The summed E-state index contributed by atoms with van der Waals surface area (Å²) >= 11 is 0. The van der Waals surface area contributed by atoms with E-state index >= 15 is 0 Å². The maximum atomic E-state index is 12.6. The van der Waals surface area contributed by atoms with Crippen molar-refractivity contribution in [1.82, 2.24) is 4.98 Å². The van der Waals surface area contributed by atoms with Crippen LogP contribution < -0.4 is 9.05 Å². The van der Waals surface area contributed by atoms with Gasteiger partial charge in [0.05, 0.1) is 5.52 Å². The number of para-hydroxylation sites is 1. The highest BCUT2D eigenvalue weighted by atomic mass is 31.2. The summed E-state index contributed by atoms with van der Waals surface area (Å²) in [6, 6.07) is 37.8. The number of phosphoric ester groups is 1. The molecule has 0 atom stereocenters. The van der Waals surface area contributed by atoms with Gasteiger partial charge in [-0.3, -0.25) is 9.88 Å². The number of benzene rings is 5.